The van der Waals surface area contributed by atoms with Gasteiger partial charge in [0.15, 0.2) is 0 Å². The standard InChI is InChI=1S/C16H21N3O2S/c1-16(2,3)21-15(20)19-12-6-4-5-11(9-12)10-13(17)14-18-7-8-22-14/h4-9,13H,10,17H2,1-3H3,(H,19,20). The number of nitrogens with one attached hydrogen (secondary N) is 1. The van der Waals surface area contributed by atoms with E-state index in [1.165, 1.54) is 0 Å². The number of benzene rings is 1. The van der Waals surface area contributed by atoms with Crippen molar-refractivity contribution in [2.45, 2.75) is 38.8 Å². The van der Waals surface area contributed by atoms with Crippen LogP contribution in [0, 0.1) is 0 Å². The van der Waals surface area contributed by atoms with E-state index >= 15 is 0 Å². The van der Waals surface area contributed by atoms with Crippen molar-refractivity contribution in [3.8, 4) is 0 Å². The second-order valence-corrected chi connectivity index (χ2v) is 6.93. The molecule has 2 aromatic rings. The van der Waals surface area contributed by atoms with E-state index in [9.17, 15) is 4.79 Å². The Morgan fingerprint density at radius 3 is 2.86 bits per heavy atom. The first-order chi connectivity index (χ1) is 10.3. The summed E-state index contributed by atoms with van der Waals surface area (Å²) < 4.78 is 5.24. The molecule has 0 radical (unpaired) electrons. The van der Waals surface area contributed by atoms with Gasteiger partial charge in [0.05, 0.1) is 6.04 Å². The third kappa shape index (κ3) is 5.13. The van der Waals surface area contributed by atoms with Gasteiger partial charge in [-0.2, -0.15) is 0 Å². The van der Waals surface area contributed by atoms with Crippen molar-refractivity contribution < 1.29 is 9.53 Å². The smallest absolute Gasteiger partial charge is 0.412 e. The van der Waals surface area contributed by atoms with Crippen LogP contribution in [-0.4, -0.2) is 16.7 Å². The highest BCUT2D eigenvalue weighted by Crippen LogP contribution is 2.20. The largest absolute Gasteiger partial charge is 0.444 e. The summed E-state index contributed by atoms with van der Waals surface area (Å²) in [5, 5.41) is 5.55. The summed E-state index contributed by atoms with van der Waals surface area (Å²) in [6, 6.07) is 7.45. The minimum Gasteiger partial charge on any atom is -0.444 e. The summed E-state index contributed by atoms with van der Waals surface area (Å²) in [7, 11) is 0. The van der Waals surface area contributed by atoms with Crippen molar-refractivity contribution in [1.29, 1.82) is 0 Å². The number of nitrogens with two attached hydrogens (primary N) is 1. The second-order valence-electron chi connectivity index (χ2n) is 6.01. The first-order valence-corrected chi connectivity index (χ1v) is 7.95. The molecule has 6 heteroatoms. The molecule has 3 N–H and O–H groups in total. The van der Waals surface area contributed by atoms with E-state index < -0.39 is 11.7 Å². The van der Waals surface area contributed by atoms with Gasteiger partial charge in [0.25, 0.3) is 0 Å². The molecule has 1 atom stereocenters. The van der Waals surface area contributed by atoms with E-state index in [4.69, 9.17) is 10.5 Å². The van der Waals surface area contributed by atoms with E-state index in [0.717, 1.165) is 10.6 Å². The van der Waals surface area contributed by atoms with Gasteiger partial charge in [-0.3, -0.25) is 5.32 Å². The normalized spacial score (nSPS) is 12.7. The van der Waals surface area contributed by atoms with E-state index in [-0.39, 0.29) is 6.04 Å². The molecule has 1 heterocycles. The molecule has 118 valence electrons. The van der Waals surface area contributed by atoms with Crippen LogP contribution in [0.1, 0.15) is 37.4 Å². The zero-order chi connectivity index (χ0) is 16.2. The molecular formula is C16H21N3O2S. The maximum atomic E-state index is 11.8. The van der Waals surface area contributed by atoms with Crippen LogP contribution in [0.3, 0.4) is 0 Å². The summed E-state index contributed by atoms with van der Waals surface area (Å²) in [4.78, 5) is 16.0. The number of ether oxygens (including phenoxy) is 1. The molecule has 0 saturated carbocycles. The SMILES string of the molecule is CC(C)(C)OC(=O)Nc1cccc(CC(N)c2nccs2)c1. The molecule has 0 aliphatic heterocycles. The first-order valence-electron chi connectivity index (χ1n) is 7.07. The lowest BCUT2D eigenvalue weighted by Gasteiger charge is -2.19. The third-order valence-electron chi connectivity index (χ3n) is 2.80. The average Bonchev–Trinajstić information content (AvgIpc) is 2.90. The number of thiazole rings is 1. The topological polar surface area (TPSA) is 77.2 Å². The van der Waals surface area contributed by atoms with Crippen molar-refractivity contribution in [3.05, 3.63) is 46.4 Å². The Morgan fingerprint density at radius 1 is 1.45 bits per heavy atom. The second kappa shape index (κ2) is 6.89. The van der Waals surface area contributed by atoms with Gasteiger partial charge in [0, 0.05) is 17.3 Å². The van der Waals surface area contributed by atoms with E-state index in [0.29, 0.717) is 12.1 Å². The lowest BCUT2D eigenvalue weighted by molar-refractivity contribution is 0.0636. The van der Waals surface area contributed by atoms with Crippen LogP contribution in [0.2, 0.25) is 0 Å². The molecule has 5 nitrogen and oxygen atoms in total. The fraction of sp³-hybridized carbons (Fsp3) is 0.375. The fourth-order valence-corrected chi connectivity index (χ4v) is 2.60. The van der Waals surface area contributed by atoms with Gasteiger partial charge in [-0.25, -0.2) is 9.78 Å². The Hall–Kier alpha value is -1.92. The molecule has 0 aliphatic rings. The number of anilines is 1. The Kier molecular flexibility index (Phi) is 5.15. The number of carbonyl (C=O) groups excluding carboxylic acids is 1. The minimum absolute atomic E-state index is 0.142. The van der Waals surface area contributed by atoms with E-state index in [2.05, 4.69) is 10.3 Å². The van der Waals surface area contributed by atoms with E-state index in [1.807, 2.05) is 50.4 Å². The maximum absolute atomic E-state index is 11.8. The highest BCUT2D eigenvalue weighted by atomic mass is 32.1. The Labute approximate surface area is 134 Å². The zero-order valence-electron chi connectivity index (χ0n) is 13.0. The third-order valence-corrected chi connectivity index (χ3v) is 3.70. The summed E-state index contributed by atoms with van der Waals surface area (Å²) in [6.07, 6.45) is 1.95. The lowest BCUT2D eigenvalue weighted by atomic mass is 10.1. The Bertz CT molecular complexity index is 621. The van der Waals surface area contributed by atoms with Gasteiger partial charge in [-0.1, -0.05) is 12.1 Å². The molecule has 0 bridgehead atoms. The van der Waals surface area contributed by atoms with Crippen molar-refractivity contribution in [2.24, 2.45) is 5.73 Å². The molecular weight excluding hydrogens is 298 g/mol. The van der Waals surface area contributed by atoms with Gasteiger partial charge < -0.3 is 10.5 Å². The number of hydrogen-bond donors (Lipinski definition) is 2. The summed E-state index contributed by atoms with van der Waals surface area (Å²) >= 11 is 1.55. The van der Waals surface area contributed by atoms with Crippen LogP contribution < -0.4 is 11.1 Å². The van der Waals surface area contributed by atoms with Gasteiger partial charge >= 0.3 is 6.09 Å². The van der Waals surface area contributed by atoms with Gasteiger partial charge in [0.2, 0.25) is 0 Å². The zero-order valence-corrected chi connectivity index (χ0v) is 13.8. The quantitative estimate of drug-likeness (QED) is 0.900. The highest BCUT2D eigenvalue weighted by Gasteiger charge is 2.16. The number of aromatic nitrogens is 1. The predicted molar refractivity (Wildman–Crippen MR) is 89.0 cm³/mol. The number of nitrogens with zero attached hydrogens (tertiary/aromatic N) is 1. The molecule has 1 unspecified atom stereocenters. The van der Waals surface area contributed by atoms with Crippen LogP contribution >= 0.6 is 11.3 Å². The molecule has 1 amide bonds. The summed E-state index contributed by atoms with van der Waals surface area (Å²) in [5.41, 5.74) is 7.35. The summed E-state index contributed by atoms with van der Waals surface area (Å²) in [5.74, 6) is 0. The van der Waals surface area contributed by atoms with Crippen molar-refractivity contribution in [3.63, 3.8) is 0 Å². The molecule has 2 rings (SSSR count). The number of hydrogen-bond acceptors (Lipinski definition) is 5. The highest BCUT2D eigenvalue weighted by molar-refractivity contribution is 7.09. The monoisotopic (exact) mass is 319 g/mol. The average molecular weight is 319 g/mol. The number of carbonyl (C=O) groups is 1. The van der Waals surface area contributed by atoms with Crippen LogP contribution in [0.15, 0.2) is 35.8 Å². The molecule has 0 aliphatic carbocycles. The Balaban J connectivity index is 1.99. The van der Waals surface area contributed by atoms with Crippen molar-refractivity contribution in [1.82, 2.24) is 4.98 Å². The van der Waals surface area contributed by atoms with Crippen LogP contribution in [0.25, 0.3) is 0 Å². The van der Waals surface area contributed by atoms with Crippen LogP contribution in [-0.2, 0) is 11.2 Å². The van der Waals surface area contributed by atoms with Crippen molar-refractivity contribution >= 4 is 23.1 Å². The molecule has 0 saturated heterocycles. The van der Waals surface area contributed by atoms with Gasteiger partial charge in [-0.15, -0.1) is 11.3 Å². The van der Waals surface area contributed by atoms with Crippen LogP contribution in [0.5, 0.6) is 0 Å². The lowest BCUT2D eigenvalue weighted by Crippen LogP contribution is -2.27. The molecule has 22 heavy (non-hydrogen) atoms. The van der Waals surface area contributed by atoms with Gasteiger partial charge in [-0.05, 0) is 44.9 Å². The molecule has 1 aromatic carbocycles. The van der Waals surface area contributed by atoms with Crippen molar-refractivity contribution in [2.75, 3.05) is 5.32 Å². The number of rotatable bonds is 4. The Morgan fingerprint density at radius 2 is 2.23 bits per heavy atom. The first kappa shape index (κ1) is 16.5. The molecule has 1 aromatic heterocycles. The fourth-order valence-electron chi connectivity index (χ4n) is 1.96. The number of amides is 1. The van der Waals surface area contributed by atoms with E-state index in [1.54, 1.807) is 17.5 Å². The summed E-state index contributed by atoms with van der Waals surface area (Å²) in [6.45, 7) is 5.49. The molecule has 0 fully saturated rings. The van der Waals surface area contributed by atoms with Gasteiger partial charge in [0.1, 0.15) is 10.6 Å². The maximum Gasteiger partial charge on any atom is 0.412 e. The van der Waals surface area contributed by atoms with Crippen LogP contribution in [0.4, 0.5) is 10.5 Å². The predicted octanol–water partition coefficient (Wildman–Crippen LogP) is 3.73. The molecule has 0 spiro atoms. The minimum atomic E-state index is -0.519.